The lowest BCUT2D eigenvalue weighted by Crippen LogP contribution is -2.29. The Morgan fingerprint density at radius 1 is 1.16 bits per heavy atom. The van der Waals surface area contributed by atoms with E-state index in [9.17, 15) is 9.18 Å². The molecule has 1 aliphatic heterocycles. The standard InChI is InChI=1S/C21H23FN2O/c1-13-9-14(2)11-16(10-13)21(6-7-21)20(25)24-18-4-3-15-12-23-8-5-17(15)19(18)22/h3-4,9-11,23H,5-8,12H2,1-2H3,(H,24,25). The molecule has 0 radical (unpaired) electrons. The lowest BCUT2D eigenvalue weighted by atomic mass is 9.91. The molecule has 4 heteroatoms. The summed E-state index contributed by atoms with van der Waals surface area (Å²) < 4.78 is 14.8. The van der Waals surface area contributed by atoms with Gasteiger partial charge in [-0.3, -0.25) is 4.79 Å². The van der Waals surface area contributed by atoms with Crippen molar-refractivity contribution in [2.75, 3.05) is 11.9 Å². The number of fused-ring (bicyclic) bond motifs is 1. The van der Waals surface area contributed by atoms with Gasteiger partial charge in [0.05, 0.1) is 11.1 Å². The Kier molecular flexibility index (Phi) is 3.88. The summed E-state index contributed by atoms with van der Waals surface area (Å²) in [7, 11) is 0. The molecule has 0 spiro atoms. The quantitative estimate of drug-likeness (QED) is 0.895. The highest BCUT2D eigenvalue weighted by atomic mass is 19.1. The second-order valence-electron chi connectivity index (χ2n) is 7.40. The van der Waals surface area contributed by atoms with E-state index in [1.165, 1.54) is 0 Å². The molecule has 2 aromatic rings. The van der Waals surface area contributed by atoms with E-state index in [-0.39, 0.29) is 11.7 Å². The zero-order valence-corrected chi connectivity index (χ0v) is 14.7. The number of hydrogen-bond acceptors (Lipinski definition) is 2. The topological polar surface area (TPSA) is 41.1 Å². The number of amides is 1. The first-order valence-electron chi connectivity index (χ1n) is 8.91. The van der Waals surface area contributed by atoms with Crippen LogP contribution in [0.2, 0.25) is 0 Å². The molecule has 1 saturated carbocycles. The number of benzene rings is 2. The molecule has 2 N–H and O–H groups in total. The van der Waals surface area contributed by atoms with Gasteiger partial charge in [-0.2, -0.15) is 0 Å². The van der Waals surface area contributed by atoms with Gasteiger partial charge in [0.25, 0.3) is 0 Å². The molecule has 0 aromatic heterocycles. The van der Waals surface area contributed by atoms with E-state index in [0.29, 0.717) is 18.7 Å². The fourth-order valence-corrected chi connectivity index (χ4v) is 3.89. The zero-order chi connectivity index (χ0) is 17.6. The predicted molar refractivity (Wildman–Crippen MR) is 97.3 cm³/mol. The maximum absolute atomic E-state index is 14.8. The molecule has 1 fully saturated rings. The summed E-state index contributed by atoms with van der Waals surface area (Å²) in [5, 5.41) is 6.11. The van der Waals surface area contributed by atoms with Gasteiger partial charge in [-0.05, 0) is 62.4 Å². The Bertz CT molecular complexity index is 835. The molecule has 3 nitrogen and oxygen atoms in total. The van der Waals surface area contributed by atoms with Gasteiger partial charge in [-0.15, -0.1) is 0 Å². The normalized spacial score (nSPS) is 17.7. The van der Waals surface area contributed by atoms with E-state index in [1.807, 2.05) is 19.9 Å². The second-order valence-corrected chi connectivity index (χ2v) is 7.40. The summed E-state index contributed by atoms with van der Waals surface area (Å²) in [5.41, 5.74) is 4.88. The summed E-state index contributed by atoms with van der Waals surface area (Å²) in [4.78, 5) is 12.9. The number of rotatable bonds is 3. The van der Waals surface area contributed by atoms with Gasteiger partial charge in [-0.1, -0.05) is 35.4 Å². The van der Waals surface area contributed by atoms with Crippen LogP contribution in [-0.2, 0) is 23.2 Å². The molecular weight excluding hydrogens is 315 g/mol. The van der Waals surface area contributed by atoms with Crippen molar-refractivity contribution in [3.05, 3.63) is 64.0 Å². The lowest BCUT2D eigenvalue weighted by molar-refractivity contribution is -0.118. The smallest absolute Gasteiger partial charge is 0.235 e. The van der Waals surface area contributed by atoms with Crippen molar-refractivity contribution in [3.8, 4) is 0 Å². The van der Waals surface area contributed by atoms with E-state index in [2.05, 4.69) is 28.8 Å². The maximum atomic E-state index is 14.8. The van der Waals surface area contributed by atoms with Crippen LogP contribution < -0.4 is 10.6 Å². The average Bonchev–Trinajstić information content (AvgIpc) is 3.39. The Morgan fingerprint density at radius 2 is 1.88 bits per heavy atom. The van der Waals surface area contributed by atoms with Crippen LogP contribution in [-0.4, -0.2) is 12.5 Å². The van der Waals surface area contributed by atoms with E-state index in [4.69, 9.17) is 0 Å². The number of aryl methyl sites for hydroxylation is 2. The Labute approximate surface area is 147 Å². The third kappa shape index (κ3) is 2.85. The molecule has 0 unspecified atom stereocenters. The number of halogens is 1. The van der Waals surface area contributed by atoms with Crippen LogP contribution in [0.1, 0.15) is 40.7 Å². The fourth-order valence-electron chi connectivity index (χ4n) is 3.89. The van der Waals surface area contributed by atoms with Crippen molar-refractivity contribution in [2.24, 2.45) is 0 Å². The monoisotopic (exact) mass is 338 g/mol. The molecule has 0 saturated heterocycles. The van der Waals surface area contributed by atoms with Crippen molar-refractivity contribution in [2.45, 2.75) is 45.1 Å². The predicted octanol–water partition coefficient (Wildman–Crippen LogP) is 3.76. The van der Waals surface area contributed by atoms with Crippen LogP contribution in [0.15, 0.2) is 30.3 Å². The molecular formula is C21H23FN2O. The van der Waals surface area contributed by atoms with Crippen LogP contribution in [0.5, 0.6) is 0 Å². The van der Waals surface area contributed by atoms with Crippen molar-refractivity contribution < 1.29 is 9.18 Å². The fraction of sp³-hybridized carbons (Fsp3) is 0.381. The Hall–Kier alpha value is -2.20. The Morgan fingerprint density at radius 3 is 2.56 bits per heavy atom. The summed E-state index contributed by atoms with van der Waals surface area (Å²) >= 11 is 0. The summed E-state index contributed by atoms with van der Waals surface area (Å²) in [6.45, 7) is 5.55. The minimum absolute atomic E-state index is 0.0923. The SMILES string of the molecule is Cc1cc(C)cc(C2(C(=O)Nc3ccc4c(c3F)CCNC4)CC2)c1. The lowest BCUT2D eigenvalue weighted by Gasteiger charge is -2.21. The van der Waals surface area contributed by atoms with E-state index < -0.39 is 5.41 Å². The molecule has 4 rings (SSSR count). The van der Waals surface area contributed by atoms with E-state index in [0.717, 1.165) is 47.2 Å². The van der Waals surface area contributed by atoms with Crippen LogP contribution in [0.3, 0.4) is 0 Å². The minimum atomic E-state index is -0.499. The van der Waals surface area contributed by atoms with E-state index >= 15 is 0 Å². The average molecular weight is 338 g/mol. The number of hydrogen-bond donors (Lipinski definition) is 2. The van der Waals surface area contributed by atoms with Gasteiger partial charge in [0.2, 0.25) is 5.91 Å². The highest BCUT2D eigenvalue weighted by Gasteiger charge is 2.51. The minimum Gasteiger partial charge on any atom is -0.323 e. The van der Waals surface area contributed by atoms with Gasteiger partial charge in [0, 0.05) is 6.54 Å². The second kappa shape index (κ2) is 5.95. The molecule has 130 valence electrons. The number of carbonyl (C=O) groups excluding carboxylic acids is 1. The number of nitrogens with one attached hydrogen (secondary N) is 2. The van der Waals surface area contributed by atoms with Gasteiger partial charge in [0.15, 0.2) is 0 Å². The largest absolute Gasteiger partial charge is 0.323 e. The highest BCUT2D eigenvalue weighted by Crippen LogP contribution is 2.49. The van der Waals surface area contributed by atoms with Crippen LogP contribution in [0.4, 0.5) is 10.1 Å². The van der Waals surface area contributed by atoms with Crippen molar-refractivity contribution >= 4 is 11.6 Å². The molecule has 2 aromatic carbocycles. The van der Waals surface area contributed by atoms with Gasteiger partial charge in [-0.25, -0.2) is 4.39 Å². The molecule has 0 bridgehead atoms. The molecule has 0 atom stereocenters. The maximum Gasteiger partial charge on any atom is 0.235 e. The molecule has 25 heavy (non-hydrogen) atoms. The van der Waals surface area contributed by atoms with Crippen LogP contribution >= 0.6 is 0 Å². The summed E-state index contributed by atoms with van der Waals surface area (Å²) in [6, 6.07) is 9.87. The van der Waals surface area contributed by atoms with Crippen molar-refractivity contribution in [1.82, 2.24) is 5.32 Å². The third-order valence-corrected chi connectivity index (χ3v) is 5.41. The van der Waals surface area contributed by atoms with Crippen LogP contribution in [0, 0.1) is 19.7 Å². The highest BCUT2D eigenvalue weighted by molar-refractivity contribution is 6.01. The van der Waals surface area contributed by atoms with Gasteiger partial charge >= 0.3 is 0 Å². The molecule has 1 heterocycles. The molecule has 1 amide bonds. The molecule has 2 aliphatic rings. The molecule has 1 aliphatic carbocycles. The van der Waals surface area contributed by atoms with Gasteiger partial charge < -0.3 is 10.6 Å². The van der Waals surface area contributed by atoms with E-state index in [1.54, 1.807) is 6.07 Å². The van der Waals surface area contributed by atoms with Crippen molar-refractivity contribution in [1.29, 1.82) is 0 Å². The van der Waals surface area contributed by atoms with Crippen LogP contribution in [0.25, 0.3) is 0 Å². The summed E-state index contributed by atoms with van der Waals surface area (Å²) in [6.07, 6.45) is 2.30. The third-order valence-electron chi connectivity index (χ3n) is 5.41. The van der Waals surface area contributed by atoms with Crippen molar-refractivity contribution in [3.63, 3.8) is 0 Å². The first-order chi connectivity index (χ1) is 12.0. The Balaban J connectivity index is 1.62. The zero-order valence-electron chi connectivity index (χ0n) is 14.7. The van der Waals surface area contributed by atoms with Gasteiger partial charge in [0.1, 0.15) is 5.82 Å². The first-order valence-corrected chi connectivity index (χ1v) is 8.91. The summed E-state index contributed by atoms with van der Waals surface area (Å²) in [5.74, 6) is -0.367. The first kappa shape index (κ1) is 16.3. The number of anilines is 1. The number of carbonyl (C=O) groups is 1.